The molecule has 0 aliphatic carbocycles. The van der Waals surface area contributed by atoms with Crippen molar-refractivity contribution in [3.05, 3.63) is 74.9 Å². The molecular weight excluding hydrogens is 395 g/mol. The fourth-order valence-corrected chi connectivity index (χ4v) is 3.10. The average Bonchev–Trinajstić information content (AvgIpc) is 2.98. The van der Waals surface area contributed by atoms with Gasteiger partial charge in [-0.1, -0.05) is 60.8 Å². The number of benzene rings is 2. The third kappa shape index (κ3) is 4.04. The van der Waals surface area contributed by atoms with Crippen molar-refractivity contribution in [1.82, 2.24) is 9.78 Å². The van der Waals surface area contributed by atoms with Crippen molar-refractivity contribution in [2.45, 2.75) is 19.8 Å². The number of carbonyl (C=O) groups is 1. The lowest BCUT2D eigenvalue weighted by atomic mass is 10.1. The molecule has 0 atom stereocenters. The molecule has 7 heteroatoms. The molecule has 4 nitrogen and oxygen atoms in total. The predicted octanol–water partition coefficient (Wildman–Crippen LogP) is 6.18. The molecule has 0 aliphatic rings. The largest absolute Gasteiger partial charge is 0.404 e. The molecule has 134 valence electrons. The van der Waals surface area contributed by atoms with Crippen molar-refractivity contribution in [2.24, 2.45) is 0 Å². The summed E-state index contributed by atoms with van der Waals surface area (Å²) in [5.41, 5.74) is 1.64. The number of halogens is 3. The highest BCUT2D eigenvalue weighted by molar-refractivity contribution is 6.35. The van der Waals surface area contributed by atoms with Gasteiger partial charge in [0.05, 0.1) is 22.0 Å². The number of para-hydroxylation sites is 1. The topological polar surface area (TPSA) is 44.1 Å². The van der Waals surface area contributed by atoms with Gasteiger partial charge in [0, 0.05) is 16.1 Å². The number of carbonyl (C=O) groups excluding carboxylic acids is 1. The van der Waals surface area contributed by atoms with Gasteiger partial charge in [0.1, 0.15) is 0 Å². The van der Waals surface area contributed by atoms with Gasteiger partial charge in [-0.05, 0) is 36.2 Å². The molecule has 0 saturated heterocycles. The van der Waals surface area contributed by atoms with Gasteiger partial charge in [-0.15, -0.1) is 0 Å². The first kappa shape index (κ1) is 18.8. The van der Waals surface area contributed by atoms with Crippen LogP contribution in [0.2, 0.25) is 15.1 Å². The van der Waals surface area contributed by atoms with Crippen molar-refractivity contribution >= 4 is 40.8 Å². The molecule has 2 aromatic carbocycles. The summed E-state index contributed by atoms with van der Waals surface area (Å²) in [4.78, 5) is 12.6. The zero-order chi connectivity index (χ0) is 18.8. The van der Waals surface area contributed by atoms with Crippen LogP contribution in [-0.4, -0.2) is 15.7 Å². The molecule has 0 fully saturated rings. The van der Waals surface area contributed by atoms with Crippen molar-refractivity contribution in [3.63, 3.8) is 0 Å². The Morgan fingerprint density at radius 3 is 2.31 bits per heavy atom. The summed E-state index contributed by atoms with van der Waals surface area (Å²) in [6.45, 7) is 4.00. The van der Waals surface area contributed by atoms with Crippen molar-refractivity contribution in [2.75, 3.05) is 0 Å². The average molecular weight is 410 g/mol. The third-order valence-corrected chi connectivity index (χ3v) is 4.42. The number of nitrogens with zero attached hydrogens (tertiary/aromatic N) is 2. The van der Waals surface area contributed by atoms with Gasteiger partial charge in [0.2, 0.25) is 5.88 Å². The molecule has 3 rings (SSSR count). The van der Waals surface area contributed by atoms with E-state index in [1.54, 1.807) is 24.3 Å². The second kappa shape index (κ2) is 7.70. The van der Waals surface area contributed by atoms with Crippen LogP contribution in [0, 0.1) is 0 Å². The highest BCUT2D eigenvalue weighted by Gasteiger charge is 2.19. The van der Waals surface area contributed by atoms with Crippen LogP contribution in [0.3, 0.4) is 0 Å². The summed E-state index contributed by atoms with van der Waals surface area (Å²) in [7, 11) is 0. The lowest BCUT2D eigenvalue weighted by molar-refractivity contribution is 0.0723. The van der Waals surface area contributed by atoms with Gasteiger partial charge in [-0.3, -0.25) is 0 Å². The van der Waals surface area contributed by atoms with E-state index in [9.17, 15) is 4.79 Å². The Bertz CT molecular complexity index is 947. The molecular formula is C19H15Cl3N2O2. The molecule has 3 aromatic rings. The first-order valence-electron chi connectivity index (χ1n) is 7.88. The molecule has 1 aromatic heterocycles. The zero-order valence-corrected chi connectivity index (χ0v) is 16.3. The molecule has 0 radical (unpaired) electrons. The number of hydrogen-bond acceptors (Lipinski definition) is 3. The van der Waals surface area contributed by atoms with E-state index in [2.05, 4.69) is 5.10 Å². The normalized spacial score (nSPS) is 11.0. The van der Waals surface area contributed by atoms with Crippen LogP contribution >= 0.6 is 34.8 Å². The Balaban J connectivity index is 2.01. The summed E-state index contributed by atoms with van der Waals surface area (Å²) in [6.07, 6.45) is 0. The van der Waals surface area contributed by atoms with Gasteiger partial charge >= 0.3 is 5.97 Å². The molecule has 26 heavy (non-hydrogen) atoms. The number of ether oxygens (including phenoxy) is 1. The summed E-state index contributed by atoms with van der Waals surface area (Å²) in [5, 5.41) is 5.73. The van der Waals surface area contributed by atoms with Crippen LogP contribution in [0.5, 0.6) is 5.88 Å². The highest BCUT2D eigenvalue weighted by atomic mass is 35.5. The van der Waals surface area contributed by atoms with Crippen LogP contribution in [-0.2, 0) is 0 Å². The second-order valence-corrected chi connectivity index (χ2v) is 7.25. The Morgan fingerprint density at radius 1 is 1.04 bits per heavy atom. The minimum absolute atomic E-state index is 0.150. The molecule has 0 aliphatic heterocycles. The number of esters is 1. The monoisotopic (exact) mass is 408 g/mol. The molecule has 0 amide bonds. The molecule has 0 spiro atoms. The Hall–Kier alpha value is -2.01. The van der Waals surface area contributed by atoms with E-state index in [1.165, 1.54) is 16.8 Å². The fourth-order valence-electron chi connectivity index (χ4n) is 2.36. The molecule has 0 bridgehead atoms. The van der Waals surface area contributed by atoms with Crippen LogP contribution in [0.25, 0.3) is 5.69 Å². The van der Waals surface area contributed by atoms with E-state index in [1.807, 2.05) is 26.0 Å². The highest BCUT2D eigenvalue weighted by Crippen LogP contribution is 2.29. The lowest BCUT2D eigenvalue weighted by Crippen LogP contribution is -2.12. The Labute approximate surface area is 166 Å². The maximum Gasteiger partial charge on any atom is 0.344 e. The summed E-state index contributed by atoms with van der Waals surface area (Å²) >= 11 is 18.2. The first-order valence-corrected chi connectivity index (χ1v) is 9.01. The maximum absolute atomic E-state index is 12.6. The van der Waals surface area contributed by atoms with Gasteiger partial charge in [-0.2, -0.15) is 9.78 Å². The zero-order valence-electron chi connectivity index (χ0n) is 14.0. The second-order valence-electron chi connectivity index (χ2n) is 5.97. The summed E-state index contributed by atoms with van der Waals surface area (Å²) < 4.78 is 7.08. The standard InChI is InChI=1S/C19H15Cl3N2O2/c1-11(2)16-10-18(24(23-16)17-6-4-3-5-15(17)22)26-19(25)12-7-13(20)9-14(21)8-12/h3-11H,1-2H3. The van der Waals surface area contributed by atoms with Crippen molar-refractivity contribution in [1.29, 1.82) is 0 Å². The SMILES string of the molecule is CC(C)c1cc(OC(=O)c2cc(Cl)cc(Cl)c2)n(-c2ccccc2Cl)n1. The smallest absolute Gasteiger partial charge is 0.344 e. The van der Waals surface area contributed by atoms with Gasteiger partial charge in [0.15, 0.2) is 0 Å². The van der Waals surface area contributed by atoms with Crippen LogP contribution in [0.4, 0.5) is 0 Å². The van der Waals surface area contributed by atoms with E-state index in [4.69, 9.17) is 39.5 Å². The first-order chi connectivity index (χ1) is 12.3. The lowest BCUT2D eigenvalue weighted by Gasteiger charge is -2.09. The number of hydrogen-bond donors (Lipinski definition) is 0. The third-order valence-electron chi connectivity index (χ3n) is 3.66. The molecule has 0 N–H and O–H groups in total. The summed E-state index contributed by atoms with van der Waals surface area (Å²) in [5.74, 6) is -0.169. The summed E-state index contributed by atoms with van der Waals surface area (Å²) in [6, 6.07) is 13.5. The van der Waals surface area contributed by atoms with E-state index in [-0.39, 0.29) is 17.4 Å². The van der Waals surface area contributed by atoms with Gasteiger partial charge in [0.25, 0.3) is 0 Å². The van der Waals surface area contributed by atoms with E-state index in [0.717, 1.165) is 5.69 Å². The fraction of sp³-hybridized carbons (Fsp3) is 0.158. The van der Waals surface area contributed by atoms with Crippen LogP contribution < -0.4 is 4.74 Å². The Morgan fingerprint density at radius 2 is 1.69 bits per heavy atom. The molecule has 1 heterocycles. The van der Waals surface area contributed by atoms with Crippen LogP contribution in [0.1, 0.15) is 35.8 Å². The molecule has 0 saturated carbocycles. The number of aromatic nitrogens is 2. The minimum Gasteiger partial charge on any atom is -0.404 e. The predicted molar refractivity (Wildman–Crippen MR) is 104 cm³/mol. The van der Waals surface area contributed by atoms with Crippen molar-refractivity contribution in [3.8, 4) is 11.6 Å². The quantitative estimate of drug-likeness (QED) is 0.484. The van der Waals surface area contributed by atoms with E-state index >= 15 is 0 Å². The van der Waals surface area contributed by atoms with Gasteiger partial charge in [-0.25, -0.2) is 4.79 Å². The van der Waals surface area contributed by atoms with E-state index in [0.29, 0.717) is 20.8 Å². The molecule has 0 unspecified atom stereocenters. The van der Waals surface area contributed by atoms with E-state index < -0.39 is 5.97 Å². The minimum atomic E-state index is -0.585. The van der Waals surface area contributed by atoms with Crippen LogP contribution in [0.15, 0.2) is 48.5 Å². The van der Waals surface area contributed by atoms with Crippen molar-refractivity contribution < 1.29 is 9.53 Å². The maximum atomic E-state index is 12.6. The van der Waals surface area contributed by atoms with Gasteiger partial charge < -0.3 is 4.74 Å². The number of rotatable bonds is 4. The Kier molecular flexibility index (Phi) is 5.56.